The second kappa shape index (κ2) is 10.6. The van der Waals surface area contributed by atoms with Crippen LogP contribution in [0.2, 0.25) is 0 Å². The van der Waals surface area contributed by atoms with Crippen molar-refractivity contribution in [2.24, 2.45) is 0 Å². The number of nitrogens with one attached hydrogen (secondary N) is 1. The molecule has 0 spiro atoms. The largest absolute Gasteiger partial charge is 0.396 e. The third kappa shape index (κ3) is 6.05. The van der Waals surface area contributed by atoms with Gasteiger partial charge in [-0.2, -0.15) is 0 Å². The van der Waals surface area contributed by atoms with Crippen molar-refractivity contribution in [3.63, 3.8) is 0 Å². The van der Waals surface area contributed by atoms with Gasteiger partial charge in [0.1, 0.15) is 0 Å². The number of benzene rings is 1. The van der Waals surface area contributed by atoms with E-state index in [9.17, 15) is 4.79 Å². The van der Waals surface area contributed by atoms with Crippen LogP contribution in [0.4, 0.5) is 0 Å². The zero-order valence-electron chi connectivity index (χ0n) is 19.4. The molecule has 1 amide bonds. The van der Waals surface area contributed by atoms with Gasteiger partial charge >= 0.3 is 0 Å². The summed E-state index contributed by atoms with van der Waals surface area (Å²) in [5, 5.41) is 12.1. The minimum absolute atomic E-state index is 0.0384. The number of carbonyl (C=O) groups is 1. The van der Waals surface area contributed by atoms with E-state index in [1.165, 1.54) is 22.3 Å². The Balaban J connectivity index is 2.33. The number of aliphatic hydroxyl groups excluding tert-OH is 1. The summed E-state index contributed by atoms with van der Waals surface area (Å²) in [5.41, 5.74) is 5.41. The number of amides is 1. The van der Waals surface area contributed by atoms with Crippen LogP contribution in [0.1, 0.15) is 120 Å². The predicted molar refractivity (Wildman–Crippen MR) is 119 cm³/mol. The zero-order chi connectivity index (χ0) is 21.7. The standard InChI is InChI=1S/C25H41NO3/c1-15(2)19-12-20(16(3)4)25(21(13-19)17(5)6)18(7)29-23-14-24(28)26-22(23)10-8-9-11-27/h12-13,15-18,22-23,27H,8-11,14H2,1-7H3,(H,26,28)/t18-,22-,23+/m0/s1. The molecule has 1 aliphatic heterocycles. The molecule has 0 aliphatic carbocycles. The Morgan fingerprint density at radius 1 is 1.00 bits per heavy atom. The molecular formula is C25H41NO3. The average molecular weight is 404 g/mol. The fourth-order valence-electron chi connectivity index (χ4n) is 4.37. The van der Waals surface area contributed by atoms with E-state index < -0.39 is 0 Å². The first-order valence-electron chi connectivity index (χ1n) is 11.4. The quantitative estimate of drug-likeness (QED) is 0.503. The van der Waals surface area contributed by atoms with Crippen LogP contribution in [0, 0.1) is 0 Å². The average Bonchev–Trinajstić information content (AvgIpc) is 2.99. The fraction of sp³-hybridized carbons (Fsp3) is 0.720. The third-order valence-electron chi connectivity index (χ3n) is 6.07. The summed E-state index contributed by atoms with van der Waals surface area (Å²) < 4.78 is 6.55. The van der Waals surface area contributed by atoms with Crippen molar-refractivity contribution in [3.05, 3.63) is 34.4 Å². The smallest absolute Gasteiger partial charge is 0.223 e. The summed E-state index contributed by atoms with van der Waals surface area (Å²) in [6.45, 7) is 15.8. The summed E-state index contributed by atoms with van der Waals surface area (Å²) in [4.78, 5) is 12.0. The normalized spacial score (nSPS) is 20.7. The molecule has 4 nitrogen and oxygen atoms in total. The molecule has 1 heterocycles. The van der Waals surface area contributed by atoms with Gasteiger partial charge in [-0.15, -0.1) is 0 Å². The number of hydrogen-bond acceptors (Lipinski definition) is 3. The summed E-state index contributed by atoms with van der Waals surface area (Å²) in [6, 6.07) is 4.75. The molecule has 2 N–H and O–H groups in total. The molecule has 29 heavy (non-hydrogen) atoms. The van der Waals surface area contributed by atoms with Crippen molar-refractivity contribution in [3.8, 4) is 0 Å². The zero-order valence-corrected chi connectivity index (χ0v) is 19.4. The highest BCUT2D eigenvalue weighted by Gasteiger charge is 2.35. The van der Waals surface area contributed by atoms with Crippen LogP contribution in [0.5, 0.6) is 0 Å². The van der Waals surface area contributed by atoms with Gasteiger partial charge in [0, 0.05) is 6.61 Å². The summed E-state index contributed by atoms with van der Waals surface area (Å²) in [5.74, 6) is 1.38. The van der Waals surface area contributed by atoms with Gasteiger partial charge in [-0.05, 0) is 66.2 Å². The van der Waals surface area contributed by atoms with E-state index >= 15 is 0 Å². The number of rotatable bonds is 10. The molecule has 3 atom stereocenters. The highest BCUT2D eigenvalue weighted by Crippen LogP contribution is 2.38. The molecule has 0 saturated carbocycles. The fourth-order valence-corrected chi connectivity index (χ4v) is 4.37. The number of unbranched alkanes of at least 4 members (excludes halogenated alkanes) is 1. The Morgan fingerprint density at radius 3 is 2.07 bits per heavy atom. The molecular weight excluding hydrogens is 362 g/mol. The van der Waals surface area contributed by atoms with E-state index in [1.54, 1.807) is 0 Å². The summed E-state index contributed by atoms with van der Waals surface area (Å²) >= 11 is 0. The first-order valence-corrected chi connectivity index (χ1v) is 11.4. The lowest BCUT2D eigenvalue weighted by molar-refractivity contribution is -0.120. The summed E-state index contributed by atoms with van der Waals surface area (Å²) in [6.07, 6.45) is 2.76. The van der Waals surface area contributed by atoms with E-state index in [0.717, 1.165) is 19.3 Å². The van der Waals surface area contributed by atoms with Gasteiger partial charge in [0.15, 0.2) is 0 Å². The number of hydrogen-bond donors (Lipinski definition) is 2. The van der Waals surface area contributed by atoms with Gasteiger partial charge < -0.3 is 15.2 Å². The topological polar surface area (TPSA) is 58.6 Å². The van der Waals surface area contributed by atoms with Crippen molar-refractivity contribution < 1.29 is 14.6 Å². The van der Waals surface area contributed by atoms with Crippen LogP contribution in [0.25, 0.3) is 0 Å². The molecule has 1 aromatic carbocycles. The van der Waals surface area contributed by atoms with Gasteiger partial charge in [0.05, 0.1) is 24.7 Å². The lowest BCUT2D eigenvalue weighted by atomic mass is 9.82. The van der Waals surface area contributed by atoms with Crippen LogP contribution >= 0.6 is 0 Å². The van der Waals surface area contributed by atoms with Crippen LogP contribution in [0.3, 0.4) is 0 Å². The molecule has 0 bridgehead atoms. The number of carbonyl (C=O) groups excluding carboxylic acids is 1. The van der Waals surface area contributed by atoms with Crippen LogP contribution in [-0.2, 0) is 9.53 Å². The summed E-state index contributed by atoms with van der Waals surface area (Å²) in [7, 11) is 0. The van der Waals surface area contributed by atoms with Gasteiger partial charge in [0.25, 0.3) is 0 Å². The van der Waals surface area contributed by atoms with E-state index in [-0.39, 0.29) is 30.8 Å². The molecule has 0 unspecified atom stereocenters. The number of aliphatic hydroxyl groups is 1. The third-order valence-corrected chi connectivity index (χ3v) is 6.07. The molecule has 1 fully saturated rings. The van der Waals surface area contributed by atoms with Crippen molar-refractivity contribution in [2.75, 3.05) is 6.61 Å². The minimum atomic E-state index is -0.110. The van der Waals surface area contributed by atoms with Gasteiger partial charge in [-0.1, -0.05) is 53.7 Å². The maximum absolute atomic E-state index is 12.0. The van der Waals surface area contributed by atoms with E-state index in [4.69, 9.17) is 9.84 Å². The predicted octanol–water partition coefficient (Wildman–Crippen LogP) is 5.55. The molecule has 4 heteroatoms. The van der Waals surface area contributed by atoms with E-state index in [0.29, 0.717) is 24.2 Å². The Morgan fingerprint density at radius 2 is 1.59 bits per heavy atom. The molecule has 1 aliphatic rings. The Hall–Kier alpha value is -1.39. The number of ether oxygens (including phenoxy) is 1. The first-order chi connectivity index (χ1) is 13.6. The SMILES string of the molecule is CC(C)c1cc(C(C)C)c([C@H](C)O[C@@H]2CC(=O)N[C@H]2CCCCO)c(C(C)C)c1. The minimum Gasteiger partial charge on any atom is -0.396 e. The highest BCUT2D eigenvalue weighted by molar-refractivity contribution is 5.79. The molecule has 2 rings (SSSR count). The van der Waals surface area contributed by atoms with Crippen LogP contribution in [0.15, 0.2) is 12.1 Å². The molecule has 164 valence electrons. The van der Waals surface area contributed by atoms with Crippen molar-refractivity contribution in [2.45, 2.75) is 110 Å². The van der Waals surface area contributed by atoms with E-state index in [1.807, 2.05) is 0 Å². The Labute approximate surface area is 177 Å². The first kappa shape index (κ1) is 23.9. The van der Waals surface area contributed by atoms with Crippen LogP contribution < -0.4 is 5.32 Å². The highest BCUT2D eigenvalue weighted by atomic mass is 16.5. The molecule has 1 aromatic rings. The second-order valence-electron chi connectivity index (χ2n) is 9.49. The molecule has 1 saturated heterocycles. The van der Waals surface area contributed by atoms with Crippen molar-refractivity contribution >= 4 is 5.91 Å². The van der Waals surface area contributed by atoms with Gasteiger partial charge in [-0.3, -0.25) is 4.79 Å². The molecule has 0 radical (unpaired) electrons. The Kier molecular flexibility index (Phi) is 8.72. The maximum Gasteiger partial charge on any atom is 0.223 e. The Bertz CT molecular complexity index is 652. The lowest BCUT2D eigenvalue weighted by Crippen LogP contribution is -2.34. The monoisotopic (exact) mass is 403 g/mol. The van der Waals surface area contributed by atoms with Crippen molar-refractivity contribution in [1.82, 2.24) is 5.32 Å². The van der Waals surface area contributed by atoms with Gasteiger partial charge in [-0.25, -0.2) is 0 Å². The second-order valence-corrected chi connectivity index (χ2v) is 9.49. The van der Waals surface area contributed by atoms with Crippen LogP contribution in [-0.4, -0.2) is 29.8 Å². The lowest BCUT2D eigenvalue weighted by Gasteiger charge is -2.30. The van der Waals surface area contributed by atoms with E-state index in [2.05, 4.69) is 65.9 Å². The van der Waals surface area contributed by atoms with Crippen molar-refractivity contribution in [1.29, 1.82) is 0 Å². The van der Waals surface area contributed by atoms with Gasteiger partial charge in [0.2, 0.25) is 5.91 Å². The maximum atomic E-state index is 12.0. The molecule has 0 aromatic heterocycles.